The van der Waals surface area contributed by atoms with Crippen molar-refractivity contribution in [2.75, 3.05) is 4.90 Å². The van der Waals surface area contributed by atoms with Crippen LogP contribution in [0.1, 0.15) is 43.0 Å². The molecule has 31 heavy (non-hydrogen) atoms. The van der Waals surface area contributed by atoms with E-state index in [2.05, 4.69) is 107 Å². The lowest BCUT2D eigenvalue weighted by atomic mass is 9.84. The second-order valence-corrected chi connectivity index (χ2v) is 9.68. The molecule has 0 saturated carbocycles. The number of para-hydroxylation sites is 2. The van der Waals surface area contributed by atoms with E-state index in [1.807, 2.05) is 6.07 Å². The zero-order valence-electron chi connectivity index (χ0n) is 19.2. The minimum atomic E-state index is 0.113. The normalized spacial score (nSPS) is 13.0. The molecule has 0 amide bonds. The van der Waals surface area contributed by atoms with Crippen molar-refractivity contribution in [3.63, 3.8) is 0 Å². The van der Waals surface area contributed by atoms with Crippen molar-refractivity contribution >= 4 is 27.8 Å². The smallest absolute Gasteiger partial charge is 0.155 e. The van der Waals surface area contributed by atoms with Gasteiger partial charge in [0.15, 0.2) is 11.5 Å². The molecule has 2 nitrogen and oxygen atoms in total. The lowest BCUT2D eigenvalue weighted by Crippen LogP contribution is -2.19. The van der Waals surface area contributed by atoms with Crippen molar-refractivity contribution in [1.82, 2.24) is 0 Å². The maximum Gasteiger partial charge on any atom is 0.155 e. The summed E-state index contributed by atoms with van der Waals surface area (Å²) >= 11 is 0. The molecule has 0 N–H and O–H groups in total. The van der Waals surface area contributed by atoms with Crippen LogP contribution in [0, 0.1) is 20.8 Å². The fourth-order valence-corrected chi connectivity index (χ4v) is 4.74. The summed E-state index contributed by atoms with van der Waals surface area (Å²) in [4.78, 5) is 2.39. The number of aryl methyl sites for hydroxylation is 3. The van der Waals surface area contributed by atoms with Gasteiger partial charge in [-0.05, 0) is 71.8 Å². The SMILES string of the molecule is Cc1cc(C(C)(C)C)cc(C)c1N1c2ccccc2Oc2c1cc1ccccc1c2C. The maximum absolute atomic E-state index is 6.48. The minimum Gasteiger partial charge on any atom is -0.453 e. The van der Waals surface area contributed by atoms with E-state index in [1.54, 1.807) is 0 Å². The van der Waals surface area contributed by atoms with Crippen LogP contribution in [0.4, 0.5) is 17.1 Å². The first-order valence-corrected chi connectivity index (χ1v) is 11.0. The molecule has 0 atom stereocenters. The highest BCUT2D eigenvalue weighted by molar-refractivity contribution is 5.98. The third kappa shape index (κ3) is 3.09. The summed E-state index contributed by atoms with van der Waals surface area (Å²) in [5.41, 5.74) is 8.62. The molecule has 0 radical (unpaired) electrons. The fraction of sp³-hybridized carbons (Fsp3) is 0.241. The fourth-order valence-electron chi connectivity index (χ4n) is 4.74. The molecule has 0 aromatic heterocycles. The van der Waals surface area contributed by atoms with Gasteiger partial charge >= 0.3 is 0 Å². The number of benzene rings is 4. The van der Waals surface area contributed by atoms with Gasteiger partial charge in [-0.2, -0.15) is 0 Å². The van der Waals surface area contributed by atoms with E-state index < -0.39 is 0 Å². The van der Waals surface area contributed by atoms with E-state index in [-0.39, 0.29) is 5.41 Å². The topological polar surface area (TPSA) is 12.5 Å². The first-order chi connectivity index (χ1) is 14.8. The molecular weight excluding hydrogens is 378 g/mol. The van der Waals surface area contributed by atoms with Crippen LogP contribution in [0.3, 0.4) is 0 Å². The summed E-state index contributed by atoms with van der Waals surface area (Å²) in [5, 5.41) is 2.46. The summed E-state index contributed by atoms with van der Waals surface area (Å²) in [7, 11) is 0. The number of nitrogens with zero attached hydrogens (tertiary/aromatic N) is 1. The van der Waals surface area contributed by atoms with E-state index in [4.69, 9.17) is 4.74 Å². The highest BCUT2D eigenvalue weighted by Gasteiger charge is 2.30. The van der Waals surface area contributed by atoms with E-state index in [9.17, 15) is 0 Å². The number of hydrogen-bond donors (Lipinski definition) is 0. The predicted octanol–water partition coefficient (Wildman–Crippen LogP) is 8.64. The summed E-state index contributed by atoms with van der Waals surface area (Å²) < 4.78 is 6.48. The van der Waals surface area contributed by atoms with Crippen LogP contribution in [0.25, 0.3) is 10.8 Å². The number of ether oxygens (including phenoxy) is 1. The van der Waals surface area contributed by atoms with Crippen LogP contribution < -0.4 is 9.64 Å². The second kappa shape index (κ2) is 6.88. The van der Waals surface area contributed by atoms with Crippen molar-refractivity contribution in [2.45, 2.75) is 47.0 Å². The Bertz CT molecular complexity index is 1300. The Morgan fingerprint density at radius 3 is 2.10 bits per heavy atom. The molecule has 156 valence electrons. The Balaban J connectivity index is 1.83. The van der Waals surface area contributed by atoms with Crippen LogP contribution >= 0.6 is 0 Å². The first-order valence-electron chi connectivity index (χ1n) is 11.0. The number of rotatable bonds is 1. The van der Waals surface area contributed by atoms with Gasteiger partial charge < -0.3 is 9.64 Å². The average Bonchev–Trinajstić information content (AvgIpc) is 2.73. The van der Waals surface area contributed by atoms with Gasteiger partial charge in [-0.25, -0.2) is 0 Å². The third-order valence-electron chi connectivity index (χ3n) is 6.37. The zero-order valence-corrected chi connectivity index (χ0v) is 19.2. The lowest BCUT2D eigenvalue weighted by molar-refractivity contribution is 0.474. The molecule has 4 aromatic rings. The van der Waals surface area contributed by atoms with Crippen LogP contribution in [0.2, 0.25) is 0 Å². The lowest BCUT2D eigenvalue weighted by Gasteiger charge is -2.36. The standard InChI is InChI=1S/C29H29NO/c1-18-15-22(29(4,5)6)16-19(2)27(18)30-24-13-9-10-14-26(24)31-28-20(3)23-12-8-7-11-21(23)17-25(28)30/h7-17H,1-6H3. The van der Waals surface area contributed by atoms with Crippen molar-refractivity contribution in [1.29, 1.82) is 0 Å². The van der Waals surface area contributed by atoms with Crippen molar-refractivity contribution < 1.29 is 4.74 Å². The van der Waals surface area contributed by atoms with Crippen LogP contribution in [0.5, 0.6) is 11.5 Å². The van der Waals surface area contributed by atoms with Gasteiger partial charge in [0.1, 0.15) is 0 Å². The van der Waals surface area contributed by atoms with Gasteiger partial charge in [0.05, 0.1) is 17.1 Å². The molecule has 1 aliphatic rings. The van der Waals surface area contributed by atoms with E-state index in [0.717, 1.165) is 22.9 Å². The minimum absolute atomic E-state index is 0.113. The van der Waals surface area contributed by atoms with Crippen molar-refractivity contribution in [2.24, 2.45) is 0 Å². The number of fused-ring (bicyclic) bond motifs is 3. The highest BCUT2D eigenvalue weighted by atomic mass is 16.5. The van der Waals surface area contributed by atoms with Gasteiger partial charge in [-0.15, -0.1) is 0 Å². The van der Waals surface area contributed by atoms with Crippen molar-refractivity contribution in [3.8, 4) is 11.5 Å². The first kappa shape index (κ1) is 19.7. The Hall–Kier alpha value is -3.26. The molecule has 2 heteroatoms. The summed E-state index contributed by atoms with van der Waals surface area (Å²) in [6.45, 7) is 13.4. The van der Waals surface area contributed by atoms with Gasteiger partial charge in [0, 0.05) is 5.56 Å². The molecule has 0 bridgehead atoms. The summed E-state index contributed by atoms with van der Waals surface area (Å²) in [5.74, 6) is 1.84. The van der Waals surface area contributed by atoms with Crippen LogP contribution in [-0.4, -0.2) is 0 Å². The Morgan fingerprint density at radius 1 is 0.742 bits per heavy atom. The Labute approximate surface area is 185 Å². The monoisotopic (exact) mass is 407 g/mol. The molecule has 0 saturated heterocycles. The van der Waals surface area contributed by atoms with Crippen molar-refractivity contribution in [3.05, 3.63) is 89.0 Å². The molecule has 0 unspecified atom stereocenters. The van der Waals surface area contributed by atoms with E-state index >= 15 is 0 Å². The highest BCUT2D eigenvalue weighted by Crippen LogP contribution is 2.54. The molecule has 1 aliphatic heterocycles. The maximum atomic E-state index is 6.48. The number of anilines is 3. The van der Waals surface area contributed by atoms with Gasteiger partial charge in [0.2, 0.25) is 0 Å². The molecule has 1 heterocycles. The number of hydrogen-bond acceptors (Lipinski definition) is 2. The molecule has 4 aromatic carbocycles. The molecule has 0 aliphatic carbocycles. The molecular formula is C29H29NO. The largest absolute Gasteiger partial charge is 0.453 e. The third-order valence-corrected chi connectivity index (χ3v) is 6.37. The van der Waals surface area contributed by atoms with Gasteiger partial charge in [-0.3, -0.25) is 0 Å². The molecule has 0 fully saturated rings. The Kier molecular flexibility index (Phi) is 4.37. The van der Waals surface area contributed by atoms with Crippen LogP contribution in [-0.2, 0) is 5.41 Å². The molecule has 5 rings (SSSR count). The van der Waals surface area contributed by atoms with Gasteiger partial charge in [-0.1, -0.05) is 69.3 Å². The zero-order chi connectivity index (χ0) is 21.9. The average molecular weight is 408 g/mol. The molecule has 0 spiro atoms. The van der Waals surface area contributed by atoms with Crippen LogP contribution in [0.15, 0.2) is 66.7 Å². The van der Waals surface area contributed by atoms with E-state index in [0.29, 0.717) is 0 Å². The van der Waals surface area contributed by atoms with E-state index in [1.165, 1.54) is 38.7 Å². The quantitative estimate of drug-likeness (QED) is 0.276. The Morgan fingerprint density at radius 2 is 1.39 bits per heavy atom. The summed E-state index contributed by atoms with van der Waals surface area (Å²) in [6, 6.07) is 23.8. The van der Waals surface area contributed by atoms with Gasteiger partial charge in [0.25, 0.3) is 0 Å². The predicted molar refractivity (Wildman–Crippen MR) is 132 cm³/mol. The second-order valence-electron chi connectivity index (χ2n) is 9.68. The summed E-state index contributed by atoms with van der Waals surface area (Å²) in [6.07, 6.45) is 0.